The Morgan fingerprint density at radius 3 is 2.61 bits per heavy atom. The van der Waals surface area contributed by atoms with Crippen LogP contribution in [0.15, 0.2) is 18.3 Å². The number of nitrogens with two attached hydrogens (primary N) is 1. The summed E-state index contributed by atoms with van der Waals surface area (Å²) in [7, 11) is 0. The van der Waals surface area contributed by atoms with Crippen molar-refractivity contribution >= 4 is 57.9 Å². The number of fused-ring (bicyclic) bond motifs is 1. The zero-order valence-electron chi connectivity index (χ0n) is 19.6. The largest absolute Gasteiger partial charge is 0.393 e. The monoisotopic (exact) mass is 535 g/mol. The summed E-state index contributed by atoms with van der Waals surface area (Å²) in [5.41, 5.74) is 6.71. The number of halogens is 3. The summed E-state index contributed by atoms with van der Waals surface area (Å²) in [6, 6.07) is 2.68. The Morgan fingerprint density at radius 1 is 1.14 bits per heavy atom. The second-order valence-electron chi connectivity index (χ2n) is 9.65. The van der Waals surface area contributed by atoms with E-state index in [1.807, 2.05) is 4.57 Å². The van der Waals surface area contributed by atoms with Crippen molar-refractivity contribution in [2.45, 2.75) is 69.6 Å². The lowest BCUT2D eigenvalue weighted by Gasteiger charge is -2.29. The number of hydrogen-bond donors (Lipinski definition) is 4. The highest BCUT2D eigenvalue weighted by Gasteiger charge is 2.30. The third kappa shape index (κ3) is 5.21. The zero-order valence-corrected chi connectivity index (χ0v) is 21.1. The molecular weight excluding hydrogens is 508 g/mol. The topological polar surface area (TPSA) is 131 Å². The summed E-state index contributed by atoms with van der Waals surface area (Å²) >= 11 is 12.2. The van der Waals surface area contributed by atoms with E-state index in [0.29, 0.717) is 55.2 Å². The number of rotatable bonds is 6. The van der Waals surface area contributed by atoms with E-state index in [-0.39, 0.29) is 45.7 Å². The van der Waals surface area contributed by atoms with Crippen molar-refractivity contribution in [1.82, 2.24) is 19.5 Å². The van der Waals surface area contributed by atoms with E-state index in [2.05, 4.69) is 20.6 Å². The molecule has 2 saturated carbocycles. The molecule has 0 spiro atoms. The number of benzene rings is 1. The van der Waals surface area contributed by atoms with Gasteiger partial charge in [-0.15, -0.1) is 0 Å². The number of nitrogens with zero attached hydrogens (tertiary/aromatic N) is 4. The molecule has 3 aromatic rings. The van der Waals surface area contributed by atoms with E-state index >= 15 is 0 Å². The molecule has 1 amide bonds. The molecule has 0 radical (unpaired) electrons. The minimum absolute atomic E-state index is 0.0403. The Hall–Kier alpha value is -2.69. The van der Waals surface area contributed by atoms with Crippen LogP contribution in [0.3, 0.4) is 0 Å². The van der Waals surface area contributed by atoms with Crippen LogP contribution in [0.2, 0.25) is 10.0 Å². The van der Waals surface area contributed by atoms with Crippen LogP contribution in [0.25, 0.3) is 11.2 Å². The summed E-state index contributed by atoms with van der Waals surface area (Å²) in [4.78, 5) is 25.5. The molecule has 5 rings (SSSR count). The number of hydrogen-bond acceptors (Lipinski definition) is 7. The predicted molar refractivity (Wildman–Crippen MR) is 137 cm³/mol. The normalized spacial score (nSPS) is 24.6. The van der Waals surface area contributed by atoms with Crippen LogP contribution in [0, 0.1) is 11.7 Å². The van der Waals surface area contributed by atoms with Crippen molar-refractivity contribution in [2.75, 3.05) is 10.6 Å². The molecular formula is C24H28Cl2FN7O2. The fourth-order valence-corrected chi connectivity index (χ4v) is 5.78. The minimum atomic E-state index is -0.604. The van der Waals surface area contributed by atoms with Crippen LogP contribution < -0.4 is 16.4 Å². The van der Waals surface area contributed by atoms with Gasteiger partial charge >= 0.3 is 0 Å². The lowest BCUT2D eigenvalue weighted by molar-refractivity contribution is -0.122. The van der Waals surface area contributed by atoms with E-state index in [1.54, 1.807) is 6.20 Å². The van der Waals surface area contributed by atoms with Crippen molar-refractivity contribution in [3.05, 3.63) is 34.2 Å². The third-order valence-electron chi connectivity index (χ3n) is 7.12. The quantitative estimate of drug-likeness (QED) is 0.351. The number of anilines is 3. The molecule has 2 aliphatic rings. The summed E-state index contributed by atoms with van der Waals surface area (Å²) in [5, 5.41) is 16.7. The first-order valence-corrected chi connectivity index (χ1v) is 12.9. The average Bonchev–Trinajstić information content (AvgIpc) is 3.18. The molecule has 0 saturated heterocycles. The lowest BCUT2D eigenvalue weighted by atomic mass is 9.85. The van der Waals surface area contributed by atoms with Crippen LogP contribution in [0.1, 0.15) is 57.4 Å². The molecule has 12 heteroatoms. The lowest BCUT2D eigenvalue weighted by Crippen LogP contribution is -2.30. The first-order chi connectivity index (χ1) is 17.3. The maximum absolute atomic E-state index is 14.7. The van der Waals surface area contributed by atoms with Gasteiger partial charge in [0.2, 0.25) is 17.8 Å². The number of aliphatic hydroxyl groups is 1. The maximum atomic E-state index is 14.7. The van der Waals surface area contributed by atoms with Gasteiger partial charge in [-0.25, -0.2) is 14.4 Å². The molecule has 0 aliphatic heterocycles. The van der Waals surface area contributed by atoms with Crippen LogP contribution in [-0.4, -0.2) is 42.7 Å². The van der Waals surface area contributed by atoms with Crippen LogP contribution in [0.4, 0.5) is 22.0 Å². The third-order valence-corrected chi connectivity index (χ3v) is 7.64. The molecule has 1 unspecified atom stereocenters. The molecule has 2 atom stereocenters. The fourth-order valence-electron chi connectivity index (χ4n) is 5.26. The fraction of sp³-hybridized carbons (Fsp3) is 0.500. The van der Waals surface area contributed by atoms with Crippen molar-refractivity contribution in [3.63, 3.8) is 0 Å². The summed E-state index contributed by atoms with van der Waals surface area (Å²) in [5.74, 6) is -0.250. The summed E-state index contributed by atoms with van der Waals surface area (Å²) in [6.45, 7) is 0. The Morgan fingerprint density at radius 2 is 1.92 bits per heavy atom. The average molecular weight is 536 g/mol. The van der Waals surface area contributed by atoms with Gasteiger partial charge in [0.1, 0.15) is 11.3 Å². The maximum Gasteiger partial charge on any atom is 0.224 e. The summed E-state index contributed by atoms with van der Waals surface area (Å²) in [6.07, 6.45) is 7.26. The molecule has 5 N–H and O–H groups in total. The predicted octanol–water partition coefficient (Wildman–Crippen LogP) is 4.95. The van der Waals surface area contributed by atoms with Gasteiger partial charge in [-0.05, 0) is 63.5 Å². The van der Waals surface area contributed by atoms with Gasteiger partial charge in [-0.1, -0.05) is 23.2 Å². The van der Waals surface area contributed by atoms with Gasteiger partial charge in [-0.2, -0.15) is 4.98 Å². The number of amides is 1. The van der Waals surface area contributed by atoms with E-state index in [4.69, 9.17) is 33.9 Å². The van der Waals surface area contributed by atoms with E-state index in [9.17, 15) is 14.3 Å². The Labute approximate surface area is 217 Å². The molecule has 36 heavy (non-hydrogen) atoms. The molecule has 0 bridgehead atoms. The molecule has 2 aliphatic carbocycles. The van der Waals surface area contributed by atoms with Crippen molar-refractivity contribution in [2.24, 2.45) is 11.7 Å². The Bertz CT molecular complexity index is 1260. The van der Waals surface area contributed by atoms with Gasteiger partial charge < -0.3 is 21.5 Å². The second kappa shape index (κ2) is 10.4. The summed E-state index contributed by atoms with van der Waals surface area (Å²) < 4.78 is 16.7. The first kappa shape index (κ1) is 25.0. The zero-order chi connectivity index (χ0) is 25.4. The van der Waals surface area contributed by atoms with Crippen molar-refractivity contribution in [3.8, 4) is 0 Å². The smallest absolute Gasteiger partial charge is 0.224 e. The number of aliphatic hydroxyl groups excluding tert-OH is 1. The number of aromatic nitrogens is 4. The van der Waals surface area contributed by atoms with Gasteiger partial charge in [0, 0.05) is 23.0 Å². The van der Waals surface area contributed by atoms with Crippen LogP contribution in [0.5, 0.6) is 0 Å². The number of imidazole rings is 1. The van der Waals surface area contributed by atoms with Crippen molar-refractivity contribution < 1.29 is 14.3 Å². The van der Waals surface area contributed by atoms with Gasteiger partial charge in [0.25, 0.3) is 0 Å². The number of nitrogens with one attached hydrogen (secondary N) is 2. The Balaban J connectivity index is 1.51. The van der Waals surface area contributed by atoms with Crippen molar-refractivity contribution in [1.29, 1.82) is 0 Å². The number of primary amides is 1. The highest BCUT2D eigenvalue weighted by molar-refractivity contribution is 6.36. The first-order valence-electron chi connectivity index (χ1n) is 12.2. The minimum Gasteiger partial charge on any atom is -0.393 e. The van der Waals surface area contributed by atoms with Gasteiger partial charge in [0.15, 0.2) is 5.65 Å². The van der Waals surface area contributed by atoms with Crippen LogP contribution in [-0.2, 0) is 4.79 Å². The molecule has 2 fully saturated rings. The van der Waals surface area contributed by atoms with E-state index in [0.717, 1.165) is 19.3 Å². The Kier molecular flexibility index (Phi) is 7.18. The molecule has 192 valence electrons. The molecule has 2 heterocycles. The molecule has 2 aromatic heterocycles. The van der Waals surface area contributed by atoms with Gasteiger partial charge in [-0.3, -0.25) is 9.36 Å². The van der Waals surface area contributed by atoms with Crippen LogP contribution >= 0.6 is 23.2 Å². The highest BCUT2D eigenvalue weighted by atomic mass is 35.5. The molecule has 1 aromatic carbocycles. The molecule has 9 nitrogen and oxygen atoms in total. The van der Waals surface area contributed by atoms with E-state index in [1.165, 1.54) is 12.1 Å². The number of carbonyl (C=O) groups is 1. The van der Waals surface area contributed by atoms with Gasteiger partial charge in [0.05, 0.1) is 23.0 Å². The SMILES string of the molecule is NC(=O)[C@H]1CC[C@@H](n2c(Nc3c(F)cc(Cl)cc3Cl)nc3cnc(NC4CCC[C@@H](O)C4)nc32)CC1. The number of carbonyl (C=O) groups excluding carboxylic acids is 1. The highest BCUT2D eigenvalue weighted by Crippen LogP contribution is 2.38. The standard InChI is InChI=1S/C24H28Cl2FN7O2/c25-13-8-17(26)20(18(27)9-13)32-24-31-19-11-29-23(30-14-2-1-3-16(35)10-14)33-22(19)34(24)15-6-4-12(5-7-15)21(28)36/h8-9,11-12,14-16,35H,1-7,10H2,(H2,28,36)(H,31,32)(H,29,30,33)/t12-,14?,15+,16-/m1/s1. The second-order valence-corrected chi connectivity index (χ2v) is 10.5. The van der Waals surface area contributed by atoms with E-state index < -0.39 is 5.82 Å².